The van der Waals surface area contributed by atoms with Crippen LogP contribution in [0.4, 0.5) is 0 Å². The molecule has 1 aromatic carbocycles. The minimum atomic E-state index is -1.48. The van der Waals surface area contributed by atoms with Crippen LogP contribution in [0.15, 0.2) is 42.0 Å². The molecule has 0 nitrogen and oxygen atoms in total. The second kappa shape index (κ2) is 6.70. The van der Waals surface area contributed by atoms with E-state index in [4.69, 9.17) is 0 Å². The van der Waals surface area contributed by atoms with E-state index in [1.165, 1.54) is 31.2 Å². The predicted octanol–water partition coefficient (Wildman–Crippen LogP) is 7.62. The number of allylic oxidation sites excluding steroid dienone is 5. The summed E-state index contributed by atoms with van der Waals surface area (Å²) in [7, 11) is -2.93. The summed E-state index contributed by atoms with van der Waals surface area (Å²) in [4.78, 5) is 0. The summed E-state index contributed by atoms with van der Waals surface area (Å²) >= 11 is 0. The average Bonchev–Trinajstić information content (AvgIpc) is 3.29. The first kappa shape index (κ1) is 20.2. The standard InChI is InChI=1S/C26H38Si2/c1-26(2,3)18-19-11-13-23(15-19)27(4,5)28(6,7)25-14-12-22-16-20-9-8-10-21(20)17-24(22)25/h11-17,23,25H,8-10,18H2,1-7H3. The van der Waals surface area contributed by atoms with Crippen molar-refractivity contribution in [1.82, 2.24) is 0 Å². The Morgan fingerprint density at radius 3 is 2.25 bits per heavy atom. The minimum Gasteiger partial charge on any atom is -0.0803 e. The highest BCUT2D eigenvalue weighted by Gasteiger charge is 2.51. The summed E-state index contributed by atoms with van der Waals surface area (Å²) in [6.45, 7) is 17.8. The molecular formula is C26H38Si2. The lowest BCUT2D eigenvalue weighted by molar-refractivity contribution is 0.413. The average molecular weight is 407 g/mol. The molecule has 0 bridgehead atoms. The molecule has 0 aromatic heterocycles. The van der Waals surface area contributed by atoms with E-state index in [0.717, 1.165) is 0 Å². The van der Waals surface area contributed by atoms with E-state index in [2.05, 4.69) is 89.5 Å². The predicted molar refractivity (Wildman–Crippen MR) is 130 cm³/mol. The summed E-state index contributed by atoms with van der Waals surface area (Å²) in [6.07, 6.45) is 17.8. The molecule has 150 valence electrons. The second-order valence-electron chi connectivity index (χ2n) is 11.7. The van der Waals surface area contributed by atoms with Crippen molar-refractivity contribution in [2.75, 3.05) is 0 Å². The Bertz CT molecular complexity index is 874. The first-order valence-corrected chi connectivity index (χ1v) is 18.4. The van der Waals surface area contributed by atoms with Crippen molar-refractivity contribution in [3.05, 3.63) is 64.3 Å². The van der Waals surface area contributed by atoms with Gasteiger partial charge in [-0.25, -0.2) is 0 Å². The highest BCUT2D eigenvalue weighted by molar-refractivity contribution is 7.42. The summed E-state index contributed by atoms with van der Waals surface area (Å²) in [5, 5.41) is 0. The van der Waals surface area contributed by atoms with Crippen LogP contribution < -0.4 is 0 Å². The molecule has 3 aliphatic rings. The molecule has 3 aliphatic carbocycles. The van der Waals surface area contributed by atoms with Crippen molar-refractivity contribution in [3.8, 4) is 0 Å². The Hall–Kier alpha value is -1.13. The van der Waals surface area contributed by atoms with Gasteiger partial charge in [0.1, 0.15) is 0 Å². The first-order valence-electron chi connectivity index (χ1n) is 11.2. The van der Waals surface area contributed by atoms with Crippen LogP contribution in [-0.2, 0) is 12.8 Å². The topological polar surface area (TPSA) is 0 Å². The van der Waals surface area contributed by atoms with Crippen molar-refractivity contribution >= 4 is 21.3 Å². The van der Waals surface area contributed by atoms with Gasteiger partial charge in [0.05, 0.1) is 15.2 Å². The maximum absolute atomic E-state index is 2.69. The van der Waals surface area contributed by atoms with Gasteiger partial charge in [0.15, 0.2) is 0 Å². The quantitative estimate of drug-likeness (QED) is 0.451. The minimum absolute atomic E-state index is 0.372. The Labute approximate surface area is 174 Å². The summed E-state index contributed by atoms with van der Waals surface area (Å²) in [5.41, 5.74) is 9.81. The lowest BCUT2D eigenvalue weighted by atomic mass is 9.88. The van der Waals surface area contributed by atoms with Crippen LogP contribution in [0, 0.1) is 5.41 Å². The van der Waals surface area contributed by atoms with Gasteiger partial charge in [0, 0.05) is 0 Å². The fraction of sp³-hybridized carbons (Fsp3) is 0.538. The summed E-state index contributed by atoms with van der Waals surface area (Å²) in [6, 6.07) is 5.12. The number of hydrogen-bond donors (Lipinski definition) is 0. The van der Waals surface area contributed by atoms with E-state index < -0.39 is 15.2 Å². The molecule has 0 fully saturated rings. The van der Waals surface area contributed by atoms with E-state index in [9.17, 15) is 0 Å². The molecule has 0 saturated carbocycles. The fourth-order valence-electron chi connectivity index (χ4n) is 5.59. The third-order valence-corrected chi connectivity index (χ3v) is 27.3. The zero-order valence-corrected chi connectivity index (χ0v) is 21.0. The molecule has 1 aromatic rings. The van der Waals surface area contributed by atoms with Gasteiger partial charge in [-0.05, 0) is 64.4 Å². The molecule has 2 heteroatoms. The van der Waals surface area contributed by atoms with Crippen LogP contribution >= 0.6 is 0 Å². The van der Waals surface area contributed by atoms with Crippen LogP contribution in [0.2, 0.25) is 31.7 Å². The zero-order chi connectivity index (χ0) is 20.3. The SMILES string of the molecule is CC(C)(C)CC1=CC([Si](C)(C)[Si](C)(C)C2C=Cc3cc4c(cc32)CCC4)C=C1. The highest BCUT2D eigenvalue weighted by Crippen LogP contribution is 2.48. The molecule has 0 radical (unpaired) electrons. The van der Waals surface area contributed by atoms with Gasteiger partial charge in [-0.15, -0.1) is 0 Å². The normalized spacial score (nSPS) is 23.9. The molecule has 0 heterocycles. The van der Waals surface area contributed by atoms with E-state index in [-0.39, 0.29) is 0 Å². The van der Waals surface area contributed by atoms with Crippen LogP contribution in [0.3, 0.4) is 0 Å². The van der Waals surface area contributed by atoms with Crippen molar-refractivity contribution < 1.29 is 0 Å². The van der Waals surface area contributed by atoms with Crippen LogP contribution in [-0.4, -0.2) is 15.2 Å². The third-order valence-electron chi connectivity index (χ3n) is 8.02. The molecule has 0 N–H and O–H groups in total. The molecule has 4 rings (SSSR count). The van der Waals surface area contributed by atoms with Crippen molar-refractivity contribution in [2.24, 2.45) is 5.41 Å². The van der Waals surface area contributed by atoms with Gasteiger partial charge in [0.25, 0.3) is 0 Å². The molecule has 0 amide bonds. The number of benzene rings is 1. The Morgan fingerprint density at radius 2 is 1.57 bits per heavy atom. The fourth-order valence-corrected chi connectivity index (χ4v) is 16.3. The van der Waals surface area contributed by atoms with Crippen LogP contribution in [0.25, 0.3) is 6.08 Å². The van der Waals surface area contributed by atoms with Crippen molar-refractivity contribution in [2.45, 2.75) is 83.7 Å². The van der Waals surface area contributed by atoms with Gasteiger partial charge < -0.3 is 0 Å². The van der Waals surface area contributed by atoms with Crippen molar-refractivity contribution in [1.29, 1.82) is 0 Å². The lowest BCUT2D eigenvalue weighted by Crippen LogP contribution is -2.60. The van der Waals surface area contributed by atoms with Gasteiger partial charge in [-0.3, -0.25) is 0 Å². The first-order chi connectivity index (χ1) is 13.0. The summed E-state index contributed by atoms with van der Waals surface area (Å²) < 4.78 is 0. The lowest BCUT2D eigenvalue weighted by Gasteiger charge is -2.45. The maximum Gasteiger partial charge on any atom is 0.0548 e. The highest BCUT2D eigenvalue weighted by atomic mass is 29.3. The largest absolute Gasteiger partial charge is 0.0803 e. The van der Waals surface area contributed by atoms with E-state index in [0.29, 0.717) is 16.5 Å². The Kier molecular flexibility index (Phi) is 4.83. The van der Waals surface area contributed by atoms with Gasteiger partial charge in [-0.2, -0.15) is 0 Å². The molecule has 2 atom stereocenters. The van der Waals surface area contributed by atoms with Gasteiger partial charge in [0.2, 0.25) is 0 Å². The molecule has 0 spiro atoms. The van der Waals surface area contributed by atoms with Gasteiger partial charge >= 0.3 is 0 Å². The summed E-state index contributed by atoms with van der Waals surface area (Å²) in [5.74, 6) is 0. The van der Waals surface area contributed by atoms with Gasteiger partial charge in [-0.1, -0.05) is 95.0 Å². The monoisotopic (exact) mass is 406 g/mol. The smallest absolute Gasteiger partial charge is 0.0548 e. The maximum atomic E-state index is 2.69. The number of hydrogen-bond acceptors (Lipinski definition) is 0. The second-order valence-corrected chi connectivity index (χ2v) is 27.7. The third kappa shape index (κ3) is 3.37. The number of rotatable bonds is 4. The number of fused-ring (bicyclic) bond motifs is 2. The molecule has 0 aliphatic heterocycles. The van der Waals surface area contributed by atoms with E-state index >= 15 is 0 Å². The number of aryl methyl sites for hydroxylation is 2. The Morgan fingerprint density at radius 1 is 0.893 bits per heavy atom. The van der Waals surface area contributed by atoms with Crippen LogP contribution in [0.5, 0.6) is 0 Å². The zero-order valence-electron chi connectivity index (χ0n) is 19.0. The Balaban J connectivity index is 1.63. The van der Waals surface area contributed by atoms with Crippen LogP contribution in [0.1, 0.15) is 61.4 Å². The van der Waals surface area contributed by atoms with E-state index in [1.807, 2.05) is 0 Å². The molecule has 2 unspecified atom stereocenters. The molecular weight excluding hydrogens is 368 g/mol. The van der Waals surface area contributed by atoms with Crippen molar-refractivity contribution in [3.63, 3.8) is 0 Å². The molecule has 0 saturated heterocycles. The molecule has 28 heavy (non-hydrogen) atoms. The van der Waals surface area contributed by atoms with E-state index in [1.54, 1.807) is 22.3 Å².